The monoisotopic (exact) mass is 472 g/mol. The molecular formula is C20H22Cl2N2O5S. The number of rotatable bonds is 4. The van der Waals surface area contributed by atoms with E-state index in [1.165, 1.54) is 10.4 Å². The Labute approximate surface area is 188 Å². The van der Waals surface area contributed by atoms with Crippen LogP contribution in [0, 0.1) is 0 Å². The first-order valence-corrected chi connectivity index (χ1v) is 10.8. The topological polar surface area (TPSA) is 107 Å². The van der Waals surface area contributed by atoms with Crippen LogP contribution in [0.2, 0.25) is 10.0 Å². The van der Waals surface area contributed by atoms with Crippen LogP contribution in [0.4, 0.5) is 0 Å². The van der Waals surface area contributed by atoms with Crippen molar-refractivity contribution in [2.75, 3.05) is 13.1 Å². The SMILES string of the molecule is CC1Cc2ccsc2C(C)N1CCNC(=O)c1ccc(Cl)c(Cl)c1.O=C(O)C(=O)O. The Morgan fingerprint density at radius 1 is 1.13 bits per heavy atom. The van der Waals surface area contributed by atoms with E-state index in [0.29, 0.717) is 34.2 Å². The van der Waals surface area contributed by atoms with E-state index in [4.69, 9.17) is 43.0 Å². The first-order valence-electron chi connectivity index (χ1n) is 9.13. The fourth-order valence-electron chi connectivity index (χ4n) is 3.30. The van der Waals surface area contributed by atoms with Crippen molar-refractivity contribution in [3.05, 3.63) is 55.7 Å². The zero-order chi connectivity index (χ0) is 22.4. The third-order valence-corrected chi connectivity index (χ3v) is 6.63. The van der Waals surface area contributed by atoms with E-state index in [-0.39, 0.29) is 5.91 Å². The Hall–Kier alpha value is -2.13. The van der Waals surface area contributed by atoms with Crippen LogP contribution in [0.1, 0.15) is 40.7 Å². The van der Waals surface area contributed by atoms with Gasteiger partial charge < -0.3 is 15.5 Å². The summed E-state index contributed by atoms with van der Waals surface area (Å²) in [5.41, 5.74) is 2.00. The maximum atomic E-state index is 12.2. The standard InChI is InChI=1S/C18H20Cl2N2OS.C2H2O4/c1-11-9-13-5-8-24-17(13)12(2)22(11)7-6-21-18(23)14-3-4-15(19)16(20)10-14;3-1(4)2(5)6/h3-5,8,10-12H,6-7,9H2,1-2H3,(H,21,23);(H,3,4)(H,5,6). The van der Waals surface area contributed by atoms with Crippen LogP contribution in [0.25, 0.3) is 0 Å². The lowest BCUT2D eigenvalue weighted by Crippen LogP contribution is -2.44. The number of carbonyl (C=O) groups is 3. The number of fused-ring (bicyclic) bond motifs is 1. The number of amides is 1. The first-order chi connectivity index (χ1) is 14.1. The fourth-order valence-corrected chi connectivity index (χ4v) is 4.61. The lowest BCUT2D eigenvalue weighted by molar-refractivity contribution is -0.159. The zero-order valence-corrected chi connectivity index (χ0v) is 18.7. The molecule has 2 heterocycles. The van der Waals surface area contributed by atoms with Crippen molar-refractivity contribution in [2.24, 2.45) is 0 Å². The summed E-state index contributed by atoms with van der Waals surface area (Å²) >= 11 is 13.7. The van der Waals surface area contributed by atoms with Gasteiger partial charge in [0.1, 0.15) is 0 Å². The van der Waals surface area contributed by atoms with Crippen molar-refractivity contribution >= 4 is 52.4 Å². The minimum absolute atomic E-state index is 0.123. The molecule has 2 unspecified atom stereocenters. The van der Waals surface area contributed by atoms with Gasteiger partial charge in [-0.3, -0.25) is 9.69 Å². The summed E-state index contributed by atoms with van der Waals surface area (Å²) in [6.07, 6.45) is 1.07. The van der Waals surface area contributed by atoms with Crippen molar-refractivity contribution in [3.63, 3.8) is 0 Å². The Bertz CT molecular complexity index is 922. The van der Waals surface area contributed by atoms with Crippen LogP contribution in [0.3, 0.4) is 0 Å². The molecule has 0 bridgehead atoms. The average molecular weight is 473 g/mol. The number of hydrogen-bond acceptors (Lipinski definition) is 5. The summed E-state index contributed by atoms with van der Waals surface area (Å²) in [6.45, 7) is 5.92. The maximum Gasteiger partial charge on any atom is 0.414 e. The van der Waals surface area contributed by atoms with Gasteiger partial charge in [0, 0.05) is 35.6 Å². The van der Waals surface area contributed by atoms with Crippen molar-refractivity contribution in [1.82, 2.24) is 10.2 Å². The number of thiophene rings is 1. The van der Waals surface area contributed by atoms with Crippen molar-refractivity contribution in [1.29, 1.82) is 0 Å². The van der Waals surface area contributed by atoms with Gasteiger partial charge >= 0.3 is 11.9 Å². The van der Waals surface area contributed by atoms with E-state index in [2.05, 4.69) is 35.5 Å². The van der Waals surface area contributed by atoms with Crippen LogP contribution in [-0.2, 0) is 16.0 Å². The summed E-state index contributed by atoms with van der Waals surface area (Å²) in [5.74, 6) is -3.77. The second kappa shape index (κ2) is 10.8. The molecule has 30 heavy (non-hydrogen) atoms. The molecule has 1 aliphatic heterocycles. The normalized spacial score (nSPS) is 18.0. The van der Waals surface area contributed by atoms with Gasteiger partial charge in [0.25, 0.3) is 5.91 Å². The molecule has 0 radical (unpaired) electrons. The number of carboxylic acids is 2. The molecule has 1 aromatic carbocycles. The van der Waals surface area contributed by atoms with E-state index in [9.17, 15) is 4.79 Å². The third-order valence-electron chi connectivity index (χ3n) is 4.76. The van der Waals surface area contributed by atoms with Gasteiger partial charge in [-0.15, -0.1) is 11.3 Å². The zero-order valence-electron chi connectivity index (χ0n) is 16.4. The predicted octanol–water partition coefficient (Wildman–Crippen LogP) is 3.95. The summed E-state index contributed by atoms with van der Waals surface area (Å²) < 4.78 is 0. The van der Waals surface area contributed by atoms with E-state index >= 15 is 0 Å². The van der Waals surface area contributed by atoms with Crippen LogP contribution in [-0.4, -0.2) is 52.1 Å². The molecule has 1 aliphatic rings. The van der Waals surface area contributed by atoms with Gasteiger partial charge in [-0.2, -0.15) is 0 Å². The Kier molecular flexibility index (Phi) is 8.66. The van der Waals surface area contributed by atoms with E-state index in [0.717, 1.165) is 13.0 Å². The second-order valence-electron chi connectivity index (χ2n) is 6.77. The number of benzene rings is 1. The molecule has 0 spiro atoms. The minimum Gasteiger partial charge on any atom is -0.473 e. The number of hydrogen-bond donors (Lipinski definition) is 3. The molecule has 1 aromatic heterocycles. The fraction of sp³-hybridized carbons (Fsp3) is 0.350. The third kappa shape index (κ3) is 6.18. The predicted molar refractivity (Wildman–Crippen MR) is 117 cm³/mol. The van der Waals surface area contributed by atoms with E-state index < -0.39 is 11.9 Å². The molecule has 1 amide bonds. The smallest absolute Gasteiger partial charge is 0.414 e. The molecule has 10 heteroatoms. The number of carbonyl (C=O) groups excluding carboxylic acids is 1. The molecule has 0 saturated heterocycles. The molecule has 2 atom stereocenters. The Balaban J connectivity index is 0.000000469. The van der Waals surface area contributed by atoms with Crippen LogP contribution in [0.5, 0.6) is 0 Å². The molecule has 3 rings (SSSR count). The minimum atomic E-state index is -1.82. The highest BCUT2D eigenvalue weighted by molar-refractivity contribution is 7.10. The summed E-state index contributed by atoms with van der Waals surface area (Å²) in [7, 11) is 0. The van der Waals surface area contributed by atoms with Crippen molar-refractivity contribution in [2.45, 2.75) is 32.4 Å². The van der Waals surface area contributed by atoms with Gasteiger partial charge in [0.2, 0.25) is 0 Å². The molecule has 0 saturated carbocycles. The number of aliphatic carboxylic acids is 2. The Morgan fingerprint density at radius 2 is 1.80 bits per heavy atom. The van der Waals surface area contributed by atoms with Crippen molar-refractivity contribution in [3.8, 4) is 0 Å². The molecule has 0 aliphatic carbocycles. The molecule has 3 N–H and O–H groups in total. The maximum absolute atomic E-state index is 12.2. The van der Waals surface area contributed by atoms with Crippen LogP contribution in [0.15, 0.2) is 29.6 Å². The van der Waals surface area contributed by atoms with Gasteiger partial charge in [-0.25, -0.2) is 9.59 Å². The van der Waals surface area contributed by atoms with E-state index in [1.807, 2.05) is 11.3 Å². The van der Waals surface area contributed by atoms with Gasteiger partial charge in [-0.1, -0.05) is 23.2 Å². The number of carboxylic acid groups (broad SMARTS) is 2. The molecule has 0 fully saturated rings. The molecule has 7 nitrogen and oxygen atoms in total. The lowest BCUT2D eigenvalue weighted by Gasteiger charge is -2.38. The summed E-state index contributed by atoms with van der Waals surface area (Å²) in [5, 5.41) is 20.8. The van der Waals surface area contributed by atoms with Gasteiger partial charge in [0.15, 0.2) is 0 Å². The highest BCUT2D eigenvalue weighted by atomic mass is 35.5. The van der Waals surface area contributed by atoms with E-state index in [1.54, 1.807) is 18.2 Å². The Morgan fingerprint density at radius 3 is 2.40 bits per heavy atom. The quantitative estimate of drug-likeness (QED) is 0.581. The largest absolute Gasteiger partial charge is 0.473 e. The average Bonchev–Trinajstić information content (AvgIpc) is 3.15. The summed E-state index contributed by atoms with van der Waals surface area (Å²) in [4.78, 5) is 34.3. The highest BCUT2D eigenvalue weighted by Crippen LogP contribution is 2.35. The van der Waals surface area contributed by atoms with Crippen molar-refractivity contribution < 1.29 is 24.6 Å². The number of nitrogens with zero attached hydrogens (tertiary/aromatic N) is 1. The molecule has 162 valence electrons. The number of halogens is 2. The van der Waals surface area contributed by atoms with Gasteiger partial charge in [-0.05, 0) is 55.5 Å². The molecule has 2 aromatic rings. The molecular weight excluding hydrogens is 451 g/mol. The first kappa shape index (κ1) is 24.1. The highest BCUT2D eigenvalue weighted by Gasteiger charge is 2.29. The van der Waals surface area contributed by atoms with Crippen LogP contribution >= 0.6 is 34.5 Å². The van der Waals surface area contributed by atoms with Gasteiger partial charge in [0.05, 0.1) is 10.0 Å². The lowest BCUT2D eigenvalue weighted by atomic mass is 9.97. The number of nitrogens with one attached hydrogen (secondary N) is 1. The second-order valence-corrected chi connectivity index (χ2v) is 8.53. The van der Waals surface area contributed by atoms with Crippen LogP contribution < -0.4 is 5.32 Å². The summed E-state index contributed by atoms with van der Waals surface area (Å²) in [6, 6.07) is 8.04.